The van der Waals surface area contributed by atoms with Crippen molar-refractivity contribution < 1.29 is 9.32 Å². The molecule has 2 heterocycles. The van der Waals surface area contributed by atoms with Gasteiger partial charge in [0, 0.05) is 17.0 Å². The van der Waals surface area contributed by atoms with Crippen molar-refractivity contribution in [2.75, 3.05) is 0 Å². The Morgan fingerprint density at radius 1 is 1.06 bits per heavy atom. The molecule has 4 rings (SSSR count). The highest BCUT2D eigenvalue weighted by Gasteiger charge is 2.14. The Bertz CT molecular complexity index is 1260. The molecule has 7 nitrogen and oxygen atoms in total. The van der Waals surface area contributed by atoms with Crippen LogP contribution in [0.2, 0.25) is 0 Å². The summed E-state index contributed by atoms with van der Waals surface area (Å²) in [5.74, 6) is 0.718. The first-order chi connectivity index (χ1) is 15.0. The van der Waals surface area contributed by atoms with Crippen LogP contribution in [-0.4, -0.2) is 20.8 Å². The highest BCUT2D eigenvalue weighted by Crippen LogP contribution is 2.24. The molecule has 0 aliphatic carbocycles. The van der Waals surface area contributed by atoms with Crippen LogP contribution in [0.25, 0.3) is 22.0 Å². The Balaban J connectivity index is 1.55. The van der Waals surface area contributed by atoms with Crippen molar-refractivity contribution in [3.63, 3.8) is 0 Å². The summed E-state index contributed by atoms with van der Waals surface area (Å²) in [6.07, 6.45) is 0.816. The number of carbonyl (C=O) groups excluding carboxylic acids is 1. The molecule has 158 valence electrons. The molecule has 0 fully saturated rings. The topological polar surface area (TPSA) is 90.0 Å². The lowest BCUT2D eigenvalue weighted by Crippen LogP contribution is -2.33. The molecule has 0 saturated carbocycles. The summed E-state index contributed by atoms with van der Waals surface area (Å²) in [4.78, 5) is 25.5. The summed E-state index contributed by atoms with van der Waals surface area (Å²) in [7, 11) is 0. The van der Waals surface area contributed by atoms with Crippen LogP contribution in [-0.2, 0) is 24.3 Å². The third-order valence-corrected chi connectivity index (χ3v) is 4.89. The molecule has 2 aromatic carbocycles. The minimum Gasteiger partial charge on any atom is -0.359 e. The fourth-order valence-corrected chi connectivity index (χ4v) is 3.48. The van der Waals surface area contributed by atoms with Crippen LogP contribution in [0.15, 0.2) is 70.0 Å². The summed E-state index contributed by atoms with van der Waals surface area (Å²) >= 11 is 0. The number of benzene rings is 2. The number of aromatic nitrogens is 3. The van der Waals surface area contributed by atoms with Crippen LogP contribution in [0.4, 0.5) is 0 Å². The predicted octanol–water partition coefficient (Wildman–Crippen LogP) is 3.57. The average molecular weight is 416 g/mol. The van der Waals surface area contributed by atoms with Crippen LogP contribution in [0.5, 0.6) is 0 Å². The van der Waals surface area contributed by atoms with E-state index in [1.165, 1.54) is 4.68 Å². The van der Waals surface area contributed by atoms with Gasteiger partial charge in [-0.1, -0.05) is 67.5 Å². The number of fused-ring (bicyclic) bond motifs is 1. The molecule has 0 unspecified atom stereocenters. The van der Waals surface area contributed by atoms with Crippen molar-refractivity contribution in [2.24, 2.45) is 5.92 Å². The predicted molar refractivity (Wildman–Crippen MR) is 118 cm³/mol. The number of carbonyl (C=O) groups is 1. The van der Waals surface area contributed by atoms with Crippen LogP contribution in [0, 0.1) is 5.92 Å². The van der Waals surface area contributed by atoms with Crippen molar-refractivity contribution in [3.05, 3.63) is 82.5 Å². The quantitative estimate of drug-likeness (QED) is 0.497. The highest BCUT2D eigenvalue weighted by atomic mass is 16.5. The van der Waals surface area contributed by atoms with Gasteiger partial charge in [0.05, 0.1) is 23.3 Å². The number of amides is 1. The summed E-state index contributed by atoms with van der Waals surface area (Å²) in [5, 5.41) is 12.6. The number of rotatable bonds is 7. The lowest BCUT2D eigenvalue weighted by Gasteiger charge is -2.11. The Morgan fingerprint density at radius 2 is 1.77 bits per heavy atom. The lowest BCUT2D eigenvalue weighted by molar-refractivity contribution is -0.122. The van der Waals surface area contributed by atoms with E-state index in [1.807, 2.05) is 54.6 Å². The SMILES string of the molecule is CC(C)Cc1cc(CNC(=O)Cn2nc(-c3ccccc3)c3ccccc3c2=O)on1. The standard InChI is InChI=1S/C24H24N4O3/c1-16(2)12-18-13-19(31-27-18)14-25-22(29)15-28-24(30)21-11-7-6-10-20(21)23(26-28)17-8-4-3-5-9-17/h3-11,13,16H,12,14-15H2,1-2H3,(H,25,29). The van der Waals surface area contributed by atoms with Gasteiger partial charge in [-0.2, -0.15) is 5.10 Å². The van der Waals surface area contributed by atoms with E-state index in [1.54, 1.807) is 6.07 Å². The monoisotopic (exact) mass is 416 g/mol. The molecule has 0 atom stereocenters. The lowest BCUT2D eigenvalue weighted by atomic mass is 10.1. The van der Waals surface area contributed by atoms with Crippen molar-refractivity contribution >= 4 is 16.7 Å². The number of nitrogens with zero attached hydrogens (tertiary/aromatic N) is 3. The van der Waals surface area contributed by atoms with Gasteiger partial charge in [-0.3, -0.25) is 9.59 Å². The van der Waals surface area contributed by atoms with Crippen molar-refractivity contribution in [1.29, 1.82) is 0 Å². The first-order valence-corrected chi connectivity index (χ1v) is 10.3. The van der Waals surface area contributed by atoms with Crippen molar-refractivity contribution in [2.45, 2.75) is 33.4 Å². The number of hydrogen-bond donors (Lipinski definition) is 1. The zero-order chi connectivity index (χ0) is 21.8. The molecule has 7 heteroatoms. The third kappa shape index (κ3) is 4.71. The minimum absolute atomic E-state index is 0.184. The molecule has 31 heavy (non-hydrogen) atoms. The van der Waals surface area contributed by atoms with Gasteiger partial charge in [0.25, 0.3) is 5.56 Å². The van der Waals surface area contributed by atoms with Gasteiger partial charge in [-0.25, -0.2) is 4.68 Å². The second-order valence-corrected chi connectivity index (χ2v) is 7.88. The molecular formula is C24H24N4O3. The summed E-state index contributed by atoms with van der Waals surface area (Å²) in [5.41, 5.74) is 2.10. The molecular weight excluding hydrogens is 392 g/mol. The van der Waals surface area contributed by atoms with Crippen LogP contribution in [0.1, 0.15) is 25.3 Å². The van der Waals surface area contributed by atoms with Crippen LogP contribution in [0.3, 0.4) is 0 Å². The summed E-state index contributed by atoms with van der Waals surface area (Å²) in [6.45, 7) is 4.23. The molecule has 4 aromatic rings. The van der Waals surface area contributed by atoms with Crippen molar-refractivity contribution in [1.82, 2.24) is 20.3 Å². The minimum atomic E-state index is -0.328. The Labute approximate surface area is 179 Å². The van der Waals surface area contributed by atoms with E-state index < -0.39 is 0 Å². The summed E-state index contributed by atoms with van der Waals surface area (Å²) < 4.78 is 6.49. The first-order valence-electron chi connectivity index (χ1n) is 10.3. The van der Waals surface area contributed by atoms with E-state index in [0.717, 1.165) is 23.1 Å². The zero-order valence-electron chi connectivity index (χ0n) is 17.5. The van der Waals surface area contributed by atoms with E-state index in [4.69, 9.17) is 4.52 Å². The second kappa shape index (κ2) is 8.95. The maximum Gasteiger partial charge on any atom is 0.275 e. The van der Waals surface area contributed by atoms with Gasteiger partial charge in [0.1, 0.15) is 6.54 Å². The normalized spacial score (nSPS) is 11.2. The Kier molecular flexibility index (Phi) is 5.93. The number of hydrogen-bond acceptors (Lipinski definition) is 5. The second-order valence-electron chi connectivity index (χ2n) is 7.88. The molecule has 2 aromatic heterocycles. The molecule has 0 radical (unpaired) electrons. The zero-order valence-corrected chi connectivity index (χ0v) is 17.5. The third-order valence-electron chi connectivity index (χ3n) is 4.89. The van der Waals surface area contributed by atoms with Crippen LogP contribution < -0.4 is 10.9 Å². The van der Waals surface area contributed by atoms with Crippen LogP contribution >= 0.6 is 0 Å². The largest absolute Gasteiger partial charge is 0.359 e. The Hall–Kier alpha value is -3.74. The maximum atomic E-state index is 12.9. The van der Waals surface area contributed by atoms with E-state index in [-0.39, 0.29) is 24.6 Å². The molecule has 0 saturated heterocycles. The van der Waals surface area contributed by atoms with Gasteiger partial charge in [-0.05, 0) is 18.4 Å². The van der Waals surface area contributed by atoms with E-state index in [2.05, 4.69) is 29.4 Å². The molecule has 0 aliphatic heterocycles. The molecule has 1 amide bonds. The first kappa shape index (κ1) is 20.5. The van der Waals surface area contributed by atoms with Crippen molar-refractivity contribution in [3.8, 4) is 11.3 Å². The fraction of sp³-hybridized carbons (Fsp3) is 0.250. The fourth-order valence-electron chi connectivity index (χ4n) is 3.48. The number of nitrogens with one attached hydrogen (secondary N) is 1. The smallest absolute Gasteiger partial charge is 0.275 e. The summed E-state index contributed by atoms with van der Waals surface area (Å²) in [6, 6.07) is 18.8. The highest BCUT2D eigenvalue weighted by molar-refractivity contribution is 5.93. The molecule has 0 spiro atoms. The Morgan fingerprint density at radius 3 is 2.52 bits per heavy atom. The average Bonchev–Trinajstić information content (AvgIpc) is 3.21. The van der Waals surface area contributed by atoms with E-state index in [0.29, 0.717) is 22.8 Å². The maximum absolute atomic E-state index is 12.9. The van der Waals surface area contributed by atoms with Gasteiger partial charge >= 0.3 is 0 Å². The van der Waals surface area contributed by atoms with Gasteiger partial charge in [0.2, 0.25) is 5.91 Å². The van der Waals surface area contributed by atoms with Gasteiger partial charge < -0.3 is 9.84 Å². The molecule has 0 bridgehead atoms. The molecule has 1 N–H and O–H groups in total. The van der Waals surface area contributed by atoms with E-state index in [9.17, 15) is 9.59 Å². The molecule has 0 aliphatic rings. The van der Waals surface area contributed by atoms with Gasteiger partial charge in [-0.15, -0.1) is 0 Å². The van der Waals surface area contributed by atoms with E-state index >= 15 is 0 Å². The van der Waals surface area contributed by atoms with Gasteiger partial charge in [0.15, 0.2) is 5.76 Å².